The summed E-state index contributed by atoms with van der Waals surface area (Å²) in [5.74, 6) is -0.877. The summed E-state index contributed by atoms with van der Waals surface area (Å²) in [6, 6.07) is 21.0. The van der Waals surface area contributed by atoms with Crippen LogP contribution >= 0.6 is 11.6 Å². The van der Waals surface area contributed by atoms with E-state index in [-0.39, 0.29) is 11.3 Å². The Bertz CT molecular complexity index is 1450. The number of nitrogens with one attached hydrogen (secondary N) is 1. The maximum absolute atomic E-state index is 13.3. The Kier molecular flexibility index (Phi) is 6.53. The van der Waals surface area contributed by atoms with Crippen LogP contribution in [0.4, 0.5) is 0 Å². The highest BCUT2D eigenvalue weighted by atomic mass is 35.5. The Morgan fingerprint density at radius 3 is 2.47 bits per heavy atom. The normalized spacial score (nSPS) is 17.2. The van der Waals surface area contributed by atoms with E-state index in [0.29, 0.717) is 41.5 Å². The summed E-state index contributed by atoms with van der Waals surface area (Å²) in [7, 11) is 0. The lowest BCUT2D eigenvalue weighted by atomic mass is 9.95. The number of amides is 1. The number of aromatic nitrogens is 1. The van der Waals surface area contributed by atoms with Gasteiger partial charge < -0.3 is 19.7 Å². The molecule has 36 heavy (non-hydrogen) atoms. The minimum absolute atomic E-state index is 0.0606. The van der Waals surface area contributed by atoms with Crippen molar-refractivity contribution in [3.63, 3.8) is 0 Å². The number of para-hydroxylation sites is 1. The molecule has 1 amide bonds. The number of rotatable bonds is 7. The summed E-state index contributed by atoms with van der Waals surface area (Å²) in [4.78, 5) is 31.3. The molecule has 0 radical (unpaired) electrons. The van der Waals surface area contributed by atoms with Crippen LogP contribution < -0.4 is 4.74 Å². The molecule has 3 aromatic carbocycles. The van der Waals surface area contributed by atoms with Gasteiger partial charge in [-0.3, -0.25) is 9.59 Å². The monoisotopic (exact) mass is 500 g/mol. The molecule has 0 aliphatic carbocycles. The number of Topliss-reactive ketones (excluding diaryl/α,β-unsaturated/α-hetero) is 1. The maximum Gasteiger partial charge on any atom is 0.295 e. The van der Waals surface area contributed by atoms with Gasteiger partial charge in [-0.05, 0) is 66.9 Å². The molecule has 0 saturated carbocycles. The highest BCUT2D eigenvalue weighted by molar-refractivity contribution is 6.46. The molecule has 1 fully saturated rings. The molecule has 2 heterocycles. The lowest BCUT2D eigenvalue weighted by molar-refractivity contribution is -0.139. The maximum atomic E-state index is 13.3. The van der Waals surface area contributed by atoms with Crippen molar-refractivity contribution in [3.05, 3.63) is 106 Å². The van der Waals surface area contributed by atoms with Gasteiger partial charge in [0.05, 0.1) is 18.2 Å². The minimum Gasteiger partial charge on any atom is -0.507 e. The molecular weight excluding hydrogens is 476 g/mol. The first-order valence-corrected chi connectivity index (χ1v) is 12.2. The first kappa shape index (κ1) is 23.7. The predicted molar refractivity (Wildman–Crippen MR) is 140 cm³/mol. The summed E-state index contributed by atoms with van der Waals surface area (Å²) in [6.45, 7) is 2.74. The number of likely N-dealkylation sites (tertiary alicyclic amines) is 1. The SMILES string of the molecule is CCOc1ccc([C@@H]2C(=C(O)c3ccc(Cl)cc3)C(=O)C(=O)N2CCc2c[nH]c3ccccc23)cc1. The van der Waals surface area contributed by atoms with E-state index in [1.807, 2.05) is 49.5 Å². The summed E-state index contributed by atoms with van der Waals surface area (Å²) >= 11 is 6.01. The van der Waals surface area contributed by atoms with Crippen LogP contribution in [0.2, 0.25) is 5.02 Å². The largest absolute Gasteiger partial charge is 0.507 e. The third kappa shape index (κ3) is 4.36. The van der Waals surface area contributed by atoms with Crippen molar-refractivity contribution in [1.29, 1.82) is 0 Å². The fourth-order valence-electron chi connectivity index (χ4n) is 4.71. The van der Waals surface area contributed by atoms with Crippen molar-refractivity contribution in [2.24, 2.45) is 0 Å². The Labute approximate surface area is 213 Å². The Morgan fingerprint density at radius 1 is 1.03 bits per heavy atom. The number of ether oxygens (including phenoxy) is 1. The van der Waals surface area contributed by atoms with E-state index in [0.717, 1.165) is 16.5 Å². The van der Waals surface area contributed by atoms with Gasteiger partial charge in [0.2, 0.25) is 0 Å². The third-order valence-corrected chi connectivity index (χ3v) is 6.71. The Morgan fingerprint density at radius 2 is 1.75 bits per heavy atom. The van der Waals surface area contributed by atoms with Crippen LogP contribution in [0, 0.1) is 0 Å². The predicted octanol–water partition coefficient (Wildman–Crippen LogP) is 5.88. The van der Waals surface area contributed by atoms with Gasteiger partial charge in [-0.2, -0.15) is 0 Å². The highest BCUT2D eigenvalue weighted by Gasteiger charge is 2.45. The van der Waals surface area contributed by atoms with Gasteiger partial charge in [0, 0.05) is 34.2 Å². The molecule has 2 N–H and O–H groups in total. The average molecular weight is 501 g/mol. The van der Waals surface area contributed by atoms with Gasteiger partial charge >= 0.3 is 0 Å². The third-order valence-electron chi connectivity index (χ3n) is 6.46. The number of aromatic amines is 1. The number of nitrogens with zero attached hydrogens (tertiary/aromatic N) is 1. The van der Waals surface area contributed by atoms with Crippen LogP contribution in [-0.2, 0) is 16.0 Å². The number of halogens is 1. The number of carbonyl (C=O) groups is 2. The van der Waals surface area contributed by atoms with Crippen LogP contribution in [0.15, 0.2) is 84.6 Å². The van der Waals surface area contributed by atoms with Gasteiger partial charge in [-0.15, -0.1) is 0 Å². The van der Waals surface area contributed by atoms with Crippen molar-refractivity contribution in [2.75, 3.05) is 13.2 Å². The first-order valence-electron chi connectivity index (χ1n) is 11.8. The number of aliphatic hydroxyl groups is 1. The molecule has 0 unspecified atom stereocenters. The summed E-state index contributed by atoms with van der Waals surface area (Å²) in [5, 5.41) is 12.8. The zero-order chi connectivity index (χ0) is 25.2. The number of carbonyl (C=O) groups excluding carboxylic acids is 2. The minimum atomic E-state index is -0.735. The Hall–Kier alpha value is -4.03. The summed E-state index contributed by atoms with van der Waals surface area (Å²) < 4.78 is 5.56. The zero-order valence-electron chi connectivity index (χ0n) is 19.7. The second-order valence-electron chi connectivity index (χ2n) is 8.61. The molecule has 0 spiro atoms. The zero-order valence-corrected chi connectivity index (χ0v) is 20.5. The number of ketones is 1. The molecule has 6 nitrogen and oxygen atoms in total. The van der Waals surface area contributed by atoms with Crippen molar-refractivity contribution in [1.82, 2.24) is 9.88 Å². The molecule has 182 valence electrons. The number of hydrogen-bond donors (Lipinski definition) is 2. The van der Waals surface area contributed by atoms with E-state index >= 15 is 0 Å². The molecule has 4 aromatic rings. The molecule has 0 bridgehead atoms. The number of fused-ring (bicyclic) bond motifs is 1. The second kappa shape index (κ2) is 9.91. The lowest BCUT2D eigenvalue weighted by Gasteiger charge is -2.25. The van der Waals surface area contributed by atoms with Crippen LogP contribution in [0.25, 0.3) is 16.7 Å². The summed E-state index contributed by atoms with van der Waals surface area (Å²) in [5.41, 5.74) is 3.26. The molecule has 1 aromatic heterocycles. The molecule has 1 atom stereocenters. The van der Waals surface area contributed by atoms with Crippen molar-refractivity contribution in [3.8, 4) is 5.75 Å². The Balaban J connectivity index is 1.55. The van der Waals surface area contributed by atoms with E-state index in [4.69, 9.17) is 16.3 Å². The molecule has 1 aliphatic rings. The quantitative estimate of drug-likeness (QED) is 0.188. The van der Waals surface area contributed by atoms with Gasteiger partial charge in [0.15, 0.2) is 0 Å². The van der Waals surface area contributed by atoms with Crippen LogP contribution in [0.1, 0.15) is 29.7 Å². The fourth-order valence-corrected chi connectivity index (χ4v) is 4.84. The van der Waals surface area contributed by atoms with Gasteiger partial charge in [0.25, 0.3) is 11.7 Å². The topological polar surface area (TPSA) is 82.6 Å². The first-order chi connectivity index (χ1) is 17.5. The van der Waals surface area contributed by atoms with E-state index in [1.54, 1.807) is 41.3 Å². The molecule has 7 heteroatoms. The lowest BCUT2D eigenvalue weighted by Crippen LogP contribution is -2.31. The van der Waals surface area contributed by atoms with E-state index < -0.39 is 17.7 Å². The average Bonchev–Trinajstić information content (AvgIpc) is 3.42. The molecule has 1 saturated heterocycles. The molecule has 5 rings (SSSR count). The van der Waals surface area contributed by atoms with Crippen LogP contribution in [0.5, 0.6) is 5.75 Å². The number of H-pyrrole nitrogens is 1. The second-order valence-corrected chi connectivity index (χ2v) is 9.05. The molecule has 1 aliphatic heterocycles. The number of hydrogen-bond acceptors (Lipinski definition) is 4. The summed E-state index contributed by atoms with van der Waals surface area (Å²) in [6.07, 6.45) is 2.48. The van der Waals surface area contributed by atoms with Gasteiger partial charge in [0.1, 0.15) is 11.5 Å². The fraction of sp³-hybridized carbons (Fsp3) is 0.172. The van der Waals surface area contributed by atoms with Crippen molar-refractivity contribution < 1.29 is 19.4 Å². The molecular formula is C29H25ClN2O4. The van der Waals surface area contributed by atoms with E-state index in [2.05, 4.69) is 4.98 Å². The van der Waals surface area contributed by atoms with Gasteiger partial charge in [-0.25, -0.2) is 0 Å². The number of benzene rings is 3. The highest BCUT2D eigenvalue weighted by Crippen LogP contribution is 2.40. The van der Waals surface area contributed by atoms with E-state index in [9.17, 15) is 14.7 Å². The van der Waals surface area contributed by atoms with Gasteiger partial charge in [-0.1, -0.05) is 41.9 Å². The van der Waals surface area contributed by atoms with Crippen LogP contribution in [-0.4, -0.2) is 39.8 Å². The smallest absolute Gasteiger partial charge is 0.295 e. The van der Waals surface area contributed by atoms with Crippen LogP contribution in [0.3, 0.4) is 0 Å². The number of aliphatic hydroxyl groups excluding tert-OH is 1. The van der Waals surface area contributed by atoms with E-state index in [1.165, 1.54) is 0 Å². The van der Waals surface area contributed by atoms with Crippen molar-refractivity contribution >= 4 is 40.0 Å². The standard InChI is InChI=1S/C29H25ClN2O4/c1-2-36-22-13-9-18(10-14-22)26-25(27(33)19-7-11-21(30)12-8-19)28(34)29(35)32(26)16-15-20-17-31-24-6-4-3-5-23(20)24/h3-14,17,26,31,33H,2,15-16H2,1H3/t26-/m1/s1. The van der Waals surface area contributed by atoms with Crippen molar-refractivity contribution in [2.45, 2.75) is 19.4 Å².